The molecule has 0 radical (unpaired) electrons. The second kappa shape index (κ2) is 4.72. The predicted molar refractivity (Wildman–Crippen MR) is 54.6 cm³/mol. The summed E-state index contributed by atoms with van der Waals surface area (Å²) < 4.78 is 40.7. The molecule has 0 fully saturated rings. The van der Waals surface area contributed by atoms with Gasteiger partial charge in [0.05, 0.1) is 0 Å². The number of aryl methyl sites for hydroxylation is 1. The van der Waals surface area contributed by atoms with Crippen LogP contribution >= 0.6 is 0 Å². The van der Waals surface area contributed by atoms with Gasteiger partial charge in [0.1, 0.15) is 0 Å². The summed E-state index contributed by atoms with van der Waals surface area (Å²) in [6.07, 6.45) is -2.83. The zero-order chi connectivity index (χ0) is 12.3. The first-order valence-corrected chi connectivity index (χ1v) is 4.95. The number of ether oxygens (including phenoxy) is 1. The van der Waals surface area contributed by atoms with Gasteiger partial charge in [0, 0.05) is 11.8 Å². The Kier molecular flexibility index (Phi) is 3.78. The fraction of sp³-hybridized carbons (Fsp3) is 0.545. The third-order valence-corrected chi connectivity index (χ3v) is 2.01. The van der Waals surface area contributed by atoms with Crippen LogP contribution in [-0.2, 0) is 0 Å². The molecule has 1 heterocycles. The van der Waals surface area contributed by atoms with Crippen molar-refractivity contribution in [1.82, 2.24) is 4.98 Å². The van der Waals surface area contributed by atoms with E-state index in [2.05, 4.69) is 9.72 Å². The van der Waals surface area contributed by atoms with Crippen LogP contribution in [0.5, 0.6) is 5.88 Å². The summed E-state index contributed by atoms with van der Waals surface area (Å²) in [5.41, 5.74) is 1.60. The molecule has 0 amide bonds. The number of hydrogen-bond donors (Lipinski definition) is 0. The Bertz CT molecular complexity index is 361. The molecule has 1 rings (SSSR count). The first kappa shape index (κ1) is 12.8. The van der Waals surface area contributed by atoms with Gasteiger partial charge in [-0.3, -0.25) is 0 Å². The molecule has 0 saturated carbocycles. The maximum atomic E-state index is 12.0. The highest BCUT2D eigenvalue weighted by Crippen LogP contribution is 2.26. The standard InChI is InChI=1S/C11H14F3NO/c1-7(2)9-4-8(3)5-15-10(9)16-6-11(12,13)14/h4-5,7H,6H2,1-3H3. The minimum atomic E-state index is -4.33. The number of halogens is 3. The first-order chi connectivity index (χ1) is 7.29. The van der Waals surface area contributed by atoms with Gasteiger partial charge < -0.3 is 4.74 Å². The monoisotopic (exact) mass is 233 g/mol. The van der Waals surface area contributed by atoms with Crippen molar-refractivity contribution >= 4 is 0 Å². The van der Waals surface area contributed by atoms with Gasteiger partial charge in [0.2, 0.25) is 5.88 Å². The van der Waals surface area contributed by atoms with Crippen LogP contribution in [0.1, 0.15) is 30.9 Å². The van der Waals surface area contributed by atoms with Gasteiger partial charge in [-0.25, -0.2) is 4.98 Å². The zero-order valence-corrected chi connectivity index (χ0v) is 9.43. The number of pyridine rings is 1. The molecule has 0 spiro atoms. The van der Waals surface area contributed by atoms with E-state index in [0.29, 0.717) is 5.56 Å². The Balaban J connectivity index is 2.87. The Morgan fingerprint density at radius 1 is 1.38 bits per heavy atom. The molecule has 0 aromatic carbocycles. The van der Waals surface area contributed by atoms with Crippen molar-refractivity contribution in [2.24, 2.45) is 0 Å². The summed E-state index contributed by atoms with van der Waals surface area (Å²) in [6, 6.07) is 1.80. The smallest absolute Gasteiger partial charge is 0.422 e. The third kappa shape index (κ3) is 3.72. The highest BCUT2D eigenvalue weighted by atomic mass is 19.4. The Morgan fingerprint density at radius 2 is 2.00 bits per heavy atom. The lowest BCUT2D eigenvalue weighted by Gasteiger charge is -2.14. The summed E-state index contributed by atoms with van der Waals surface area (Å²) in [7, 11) is 0. The van der Waals surface area contributed by atoms with Crippen molar-refractivity contribution in [3.63, 3.8) is 0 Å². The van der Waals surface area contributed by atoms with E-state index in [1.807, 2.05) is 20.8 Å². The molecular formula is C11H14F3NO. The van der Waals surface area contributed by atoms with Crippen LogP contribution < -0.4 is 4.74 Å². The SMILES string of the molecule is Cc1cnc(OCC(F)(F)F)c(C(C)C)c1. The molecule has 5 heteroatoms. The van der Waals surface area contributed by atoms with Crippen LogP contribution in [0.25, 0.3) is 0 Å². The Hall–Kier alpha value is -1.26. The van der Waals surface area contributed by atoms with Crippen LogP contribution in [0.4, 0.5) is 13.2 Å². The predicted octanol–water partition coefficient (Wildman–Crippen LogP) is 3.45. The van der Waals surface area contributed by atoms with Gasteiger partial charge in [-0.2, -0.15) is 13.2 Å². The summed E-state index contributed by atoms with van der Waals surface area (Å²) in [5, 5.41) is 0. The summed E-state index contributed by atoms with van der Waals surface area (Å²) in [4.78, 5) is 3.88. The van der Waals surface area contributed by atoms with E-state index < -0.39 is 12.8 Å². The maximum absolute atomic E-state index is 12.0. The van der Waals surface area contributed by atoms with Crippen LogP contribution in [0.15, 0.2) is 12.3 Å². The maximum Gasteiger partial charge on any atom is 0.422 e. The topological polar surface area (TPSA) is 22.1 Å². The van der Waals surface area contributed by atoms with Gasteiger partial charge in [-0.15, -0.1) is 0 Å². The van der Waals surface area contributed by atoms with E-state index in [0.717, 1.165) is 5.56 Å². The highest BCUT2D eigenvalue weighted by Gasteiger charge is 2.29. The number of aromatic nitrogens is 1. The molecular weight excluding hydrogens is 219 g/mol. The average molecular weight is 233 g/mol. The quantitative estimate of drug-likeness (QED) is 0.797. The third-order valence-electron chi connectivity index (χ3n) is 2.01. The summed E-state index contributed by atoms with van der Waals surface area (Å²) in [6.45, 7) is 4.31. The van der Waals surface area contributed by atoms with E-state index in [4.69, 9.17) is 0 Å². The first-order valence-electron chi connectivity index (χ1n) is 4.95. The Labute approximate surface area is 92.5 Å². The molecule has 0 atom stereocenters. The van der Waals surface area contributed by atoms with Gasteiger partial charge in [-0.1, -0.05) is 13.8 Å². The van der Waals surface area contributed by atoms with E-state index in [1.54, 1.807) is 6.07 Å². The lowest BCUT2D eigenvalue weighted by atomic mass is 10.0. The van der Waals surface area contributed by atoms with Gasteiger partial charge >= 0.3 is 6.18 Å². The van der Waals surface area contributed by atoms with Gasteiger partial charge in [-0.05, 0) is 24.5 Å². The summed E-state index contributed by atoms with van der Waals surface area (Å²) in [5.74, 6) is 0.147. The minimum absolute atomic E-state index is 0.0675. The second-order valence-electron chi connectivity index (χ2n) is 3.97. The second-order valence-corrected chi connectivity index (χ2v) is 3.97. The largest absolute Gasteiger partial charge is 0.468 e. The molecule has 0 aliphatic carbocycles. The summed E-state index contributed by atoms with van der Waals surface area (Å²) >= 11 is 0. The van der Waals surface area contributed by atoms with Crippen LogP contribution in [0.3, 0.4) is 0 Å². The van der Waals surface area contributed by atoms with Crippen molar-refractivity contribution in [2.75, 3.05) is 6.61 Å². The van der Waals surface area contributed by atoms with Crippen LogP contribution in [0.2, 0.25) is 0 Å². The molecule has 1 aromatic rings. The molecule has 0 unspecified atom stereocenters. The fourth-order valence-corrected chi connectivity index (χ4v) is 1.26. The molecule has 90 valence electrons. The Morgan fingerprint density at radius 3 is 2.50 bits per heavy atom. The van der Waals surface area contributed by atoms with Crippen molar-refractivity contribution in [2.45, 2.75) is 32.9 Å². The van der Waals surface area contributed by atoms with Crippen molar-refractivity contribution in [3.8, 4) is 5.88 Å². The molecule has 16 heavy (non-hydrogen) atoms. The molecule has 0 aliphatic heterocycles. The van der Waals surface area contributed by atoms with Crippen molar-refractivity contribution in [1.29, 1.82) is 0 Å². The van der Waals surface area contributed by atoms with Crippen LogP contribution in [-0.4, -0.2) is 17.8 Å². The van der Waals surface area contributed by atoms with E-state index in [-0.39, 0.29) is 11.8 Å². The normalized spacial score (nSPS) is 11.9. The molecule has 0 N–H and O–H groups in total. The molecule has 0 saturated heterocycles. The number of alkyl halides is 3. The molecule has 1 aromatic heterocycles. The number of hydrogen-bond acceptors (Lipinski definition) is 2. The molecule has 0 aliphatic rings. The number of nitrogens with zero attached hydrogens (tertiary/aromatic N) is 1. The van der Waals surface area contributed by atoms with Gasteiger partial charge in [0.25, 0.3) is 0 Å². The zero-order valence-electron chi connectivity index (χ0n) is 9.43. The highest BCUT2D eigenvalue weighted by molar-refractivity contribution is 5.32. The van der Waals surface area contributed by atoms with E-state index >= 15 is 0 Å². The lowest BCUT2D eigenvalue weighted by Crippen LogP contribution is -2.20. The number of rotatable bonds is 3. The van der Waals surface area contributed by atoms with Crippen molar-refractivity contribution in [3.05, 3.63) is 23.4 Å². The fourth-order valence-electron chi connectivity index (χ4n) is 1.26. The molecule has 2 nitrogen and oxygen atoms in total. The van der Waals surface area contributed by atoms with Crippen molar-refractivity contribution < 1.29 is 17.9 Å². The average Bonchev–Trinajstić information content (AvgIpc) is 2.14. The lowest BCUT2D eigenvalue weighted by molar-refractivity contribution is -0.154. The van der Waals surface area contributed by atoms with E-state index in [9.17, 15) is 13.2 Å². The van der Waals surface area contributed by atoms with E-state index in [1.165, 1.54) is 6.20 Å². The van der Waals surface area contributed by atoms with Crippen LogP contribution in [0, 0.1) is 6.92 Å². The molecule has 0 bridgehead atoms. The van der Waals surface area contributed by atoms with Gasteiger partial charge in [0.15, 0.2) is 6.61 Å². The minimum Gasteiger partial charge on any atom is -0.468 e.